The summed E-state index contributed by atoms with van der Waals surface area (Å²) in [5, 5.41) is 12.1. The summed E-state index contributed by atoms with van der Waals surface area (Å²) >= 11 is 0. The van der Waals surface area contributed by atoms with Crippen LogP contribution in [0.1, 0.15) is 18.4 Å². The zero-order valence-corrected chi connectivity index (χ0v) is 10.0. The fourth-order valence-electron chi connectivity index (χ4n) is 1.78. The van der Waals surface area contributed by atoms with Crippen LogP contribution in [-0.4, -0.2) is 30.1 Å². The largest absolute Gasteiger partial charge is 0.445 e. The summed E-state index contributed by atoms with van der Waals surface area (Å²) in [6.45, 7) is 0.746. The van der Waals surface area contributed by atoms with Gasteiger partial charge in [-0.25, -0.2) is 4.79 Å². The van der Waals surface area contributed by atoms with Gasteiger partial charge in [0, 0.05) is 6.61 Å². The second-order valence-corrected chi connectivity index (χ2v) is 4.21. The number of amides is 1. The number of ether oxygens (including phenoxy) is 2. The molecule has 1 heterocycles. The molecular formula is C13H17NO4. The first-order valence-electron chi connectivity index (χ1n) is 6.02. The minimum Gasteiger partial charge on any atom is -0.445 e. The summed E-state index contributed by atoms with van der Waals surface area (Å²) in [6.07, 6.45) is -0.475. The Morgan fingerprint density at radius 3 is 2.94 bits per heavy atom. The number of alkyl carbamates (subject to hydrolysis) is 1. The third kappa shape index (κ3) is 3.72. The average molecular weight is 251 g/mol. The Bertz CT molecular complexity index is 382. The van der Waals surface area contributed by atoms with Gasteiger partial charge in [0.1, 0.15) is 6.61 Å². The number of aliphatic hydroxyl groups excluding tert-OH is 1. The van der Waals surface area contributed by atoms with E-state index in [4.69, 9.17) is 9.47 Å². The van der Waals surface area contributed by atoms with Crippen LogP contribution in [-0.2, 0) is 16.1 Å². The van der Waals surface area contributed by atoms with Crippen molar-refractivity contribution in [1.29, 1.82) is 0 Å². The van der Waals surface area contributed by atoms with Gasteiger partial charge in [0.2, 0.25) is 0 Å². The van der Waals surface area contributed by atoms with Gasteiger partial charge in [-0.15, -0.1) is 0 Å². The predicted molar refractivity (Wildman–Crippen MR) is 64.7 cm³/mol. The molecular weight excluding hydrogens is 234 g/mol. The maximum Gasteiger partial charge on any atom is 0.409 e. The Morgan fingerprint density at radius 2 is 2.22 bits per heavy atom. The SMILES string of the molecule is O=C(NC1OCCC[C@@H]1O)OCc1ccccc1. The Kier molecular flexibility index (Phi) is 4.55. The van der Waals surface area contributed by atoms with E-state index in [9.17, 15) is 9.90 Å². The minimum atomic E-state index is -0.665. The summed E-state index contributed by atoms with van der Waals surface area (Å²) < 4.78 is 10.3. The fourth-order valence-corrected chi connectivity index (χ4v) is 1.78. The molecule has 1 saturated heterocycles. The van der Waals surface area contributed by atoms with E-state index >= 15 is 0 Å². The van der Waals surface area contributed by atoms with Gasteiger partial charge < -0.3 is 14.6 Å². The van der Waals surface area contributed by atoms with Gasteiger partial charge in [-0.2, -0.15) is 0 Å². The predicted octanol–water partition coefficient (Wildman–Crippen LogP) is 1.41. The van der Waals surface area contributed by atoms with Crippen molar-refractivity contribution in [3.8, 4) is 0 Å². The fraction of sp³-hybridized carbons (Fsp3) is 0.462. The molecule has 0 saturated carbocycles. The molecule has 1 aliphatic heterocycles. The first-order valence-corrected chi connectivity index (χ1v) is 6.02. The van der Waals surface area contributed by atoms with Gasteiger partial charge in [-0.1, -0.05) is 30.3 Å². The number of benzene rings is 1. The first kappa shape index (κ1) is 12.9. The van der Waals surface area contributed by atoms with Gasteiger partial charge in [0.15, 0.2) is 6.23 Å². The lowest BCUT2D eigenvalue weighted by Crippen LogP contribution is -2.47. The van der Waals surface area contributed by atoms with Crippen LogP contribution in [0.5, 0.6) is 0 Å². The van der Waals surface area contributed by atoms with Crippen LogP contribution >= 0.6 is 0 Å². The van der Waals surface area contributed by atoms with E-state index in [-0.39, 0.29) is 6.61 Å². The molecule has 0 radical (unpaired) electrons. The highest BCUT2D eigenvalue weighted by Gasteiger charge is 2.25. The minimum absolute atomic E-state index is 0.204. The zero-order valence-electron chi connectivity index (χ0n) is 10.0. The summed E-state index contributed by atoms with van der Waals surface area (Å²) in [5.74, 6) is 0. The molecule has 0 bridgehead atoms. The Hall–Kier alpha value is -1.59. The van der Waals surface area contributed by atoms with E-state index in [2.05, 4.69) is 5.32 Å². The molecule has 1 unspecified atom stereocenters. The van der Waals surface area contributed by atoms with Crippen molar-refractivity contribution in [3.63, 3.8) is 0 Å². The van der Waals surface area contributed by atoms with Gasteiger partial charge in [-0.3, -0.25) is 5.32 Å². The normalized spacial score (nSPS) is 23.4. The van der Waals surface area contributed by atoms with E-state index in [0.717, 1.165) is 12.0 Å². The second-order valence-electron chi connectivity index (χ2n) is 4.21. The maximum absolute atomic E-state index is 11.5. The molecule has 1 fully saturated rings. The molecule has 2 N–H and O–H groups in total. The summed E-state index contributed by atoms with van der Waals surface area (Å²) in [5.41, 5.74) is 0.915. The number of nitrogens with one attached hydrogen (secondary N) is 1. The van der Waals surface area contributed by atoms with Crippen LogP contribution in [0, 0.1) is 0 Å². The first-order chi connectivity index (χ1) is 8.75. The topological polar surface area (TPSA) is 67.8 Å². The lowest BCUT2D eigenvalue weighted by molar-refractivity contribution is -0.0872. The number of carbonyl (C=O) groups is 1. The molecule has 98 valence electrons. The highest BCUT2D eigenvalue weighted by molar-refractivity contribution is 5.67. The molecule has 2 atom stereocenters. The van der Waals surface area contributed by atoms with Crippen LogP contribution in [0.15, 0.2) is 30.3 Å². The molecule has 18 heavy (non-hydrogen) atoms. The van der Waals surface area contributed by atoms with Crippen molar-refractivity contribution in [2.24, 2.45) is 0 Å². The lowest BCUT2D eigenvalue weighted by atomic mass is 10.1. The van der Waals surface area contributed by atoms with Crippen LogP contribution in [0.2, 0.25) is 0 Å². The number of aliphatic hydroxyl groups is 1. The quantitative estimate of drug-likeness (QED) is 0.852. The summed E-state index contributed by atoms with van der Waals surface area (Å²) in [6, 6.07) is 9.41. The Balaban J connectivity index is 1.75. The van der Waals surface area contributed by atoms with E-state index in [1.165, 1.54) is 0 Å². The third-order valence-corrected chi connectivity index (χ3v) is 2.76. The lowest BCUT2D eigenvalue weighted by Gasteiger charge is -2.28. The molecule has 5 heteroatoms. The van der Waals surface area contributed by atoms with Crippen molar-refractivity contribution in [2.45, 2.75) is 31.8 Å². The summed E-state index contributed by atoms with van der Waals surface area (Å²) in [4.78, 5) is 11.5. The van der Waals surface area contributed by atoms with E-state index in [0.29, 0.717) is 13.0 Å². The van der Waals surface area contributed by atoms with E-state index in [1.54, 1.807) is 0 Å². The van der Waals surface area contributed by atoms with Gasteiger partial charge >= 0.3 is 6.09 Å². The van der Waals surface area contributed by atoms with Crippen LogP contribution in [0.4, 0.5) is 4.79 Å². The highest BCUT2D eigenvalue weighted by atomic mass is 16.6. The number of carbonyl (C=O) groups excluding carboxylic acids is 1. The monoisotopic (exact) mass is 251 g/mol. The summed E-state index contributed by atoms with van der Waals surface area (Å²) in [7, 11) is 0. The molecule has 5 nitrogen and oxygen atoms in total. The number of hydrogen-bond acceptors (Lipinski definition) is 4. The highest BCUT2D eigenvalue weighted by Crippen LogP contribution is 2.11. The van der Waals surface area contributed by atoms with Gasteiger partial charge in [0.25, 0.3) is 0 Å². The van der Waals surface area contributed by atoms with Crippen molar-refractivity contribution in [1.82, 2.24) is 5.32 Å². The van der Waals surface area contributed by atoms with Gasteiger partial charge in [-0.05, 0) is 18.4 Å². The second kappa shape index (κ2) is 6.37. The zero-order chi connectivity index (χ0) is 12.8. The van der Waals surface area contributed by atoms with Crippen LogP contribution in [0.25, 0.3) is 0 Å². The molecule has 1 aliphatic rings. The molecule has 1 aromatic carbocycles. The number of rotatable bonds is 3. The van der Waals surface area contributed by atoms with E-state index in [1.807, 2.05) is 30.3 Å². The van der Waals surface area contributed by atoms with Crippen molar-refractivity contribution in [3.05, 3.63) is 35.9 Å². The molecule has 2 rings (SSSR count). The Labute approximate surface area is 106 Å². The molecule has 0 aliphatic carbocycles. The average Bonchev–Trinajstić information content (AvgIpc) is 2.40. The molecule has 1 aromatic rings. The van der Waals surface area contributed by atoms with Crippen molar-refractivity contribution >= 4 is 6.09 Å². The molecule has 0 spiro atoms. The molecule has 0 aromatic heterocycles. The van der Waals surface area contributed by atoms with Crippen LogP contribution in [0.3, 0.4) is 0 Å². The van der Waals surface area contributed by atoms with Crippen molar-refractivity contribution in [2.75, 3.05) is 6.61 Å². The standard InChI is InChI=1S/C13H17NO4/c15-11-7-4-8-17-12(11)14-13(16)18-9-10-5-2-1-3-6-10/h1-3,5-6,11-12,15H,4,7-9H2,(H,14,16)/t11-,12?/m0/s1. The Morgan fingerprint density at radius 1 is 1.44 bits per heavy atom. The molecule has 1 amide bonds. The van der Waals surface area contributed by atoms with E-state index < -0.39 is 18.4 Å². The maximum atomic E-state index is 11.5. The number of hydrogen-bond donors (Lipinski definition) is 2. The van der Waals surface area contributed by atoms with Gasteiger partial charge in [0.05, 0.1) is 6.10 Å². The smallest absolute Gasteiger partial charge is 0.409 e. The van der Waals surface area contributed by atoms with Crippen molar-refractivity contribution < 1.29 is 19.4 Å². The van der Waals surface area contributed by atoms with Crippen LogP contribution < -0.4 is 5.32 Å². The third-order valence-electron chi connectivity index (χ3n) is 2.76.